The second-order valence-electron chi connectivity index (χ2n) is 4.94. The molecule has 0 spiro atoms. The summed E-state index contributed by atoms with van der Waals surface area (Å²) >= 11 is 0. The fourth-order valence-corrected chi connectivity index (χ4v) is 1.90. The van der Waals surface area contributed by atoms with Crippen molar-refractivity contribution in [2.24, 2.45) is 0 Å². The van der Waals surface area contributed by atoms with E-state index in [4.69, 9.17) is 14.2 Å². The topological polar surface area (TPSA) is 39.7 Å². The summed E-state index contributed by atoms with van der Waals surface area (Å²) in [5.74, 6) is 0. The molecule has 120 valence electrons. The number of rotatable bonds is 13. The number of hydrogen-bond acceptors (Lipinski definition) is 4. The summed E-state index contributed by atoms with van der Waals surface area (Å²) in [5, 5.41) is 3.35. The van der Waals surface area contributed by atoms with Crippen LogP contribution in [-0.4, -0.2) is 46.7 Å². The lowest BCUT2D eigenvalue weighted by molar-refractivity contribution is 0.0272. The van der Waals surface area contributed by atoms with Gasteiger partial charge >= 0.3 is 0 Å². The Morgan fingerprint density at radius 1 is 0.905 bits per heavy atom. The number of benzene rings is 1. The summed E-state index contributed by atoms with van der Waals surface area (Å²) in [6, 6.07) is 8.67. The van der Waals surface area contributed by atoms with E-state index in [0.717, 1.165) is 12.2 Å². The molecule has 0 aromatic heterocycles. The number of nitrogens with one attached hydrogen (secondary N) is 1. The van der Waals surface area contributed by atoms with Crippen LogP contribution in [0.25, 0.3) is 0 Å². The molecule has 0 aliphatic rings. The summed E-state index contributed by atoms with van der Waals surface area (Å²) in [6.45, 7) is 6.23. The Bertz CT molecular complexity index is 340. The third kappa shape index (κ3) is 9.45. The lowest BCUT2D eigenvalue weighted by atomic mass is 10.1. The molecule has 0 fully saturated rings. The minimum absolute atomic E-state index is 0.621. The molecule has 1 N–H and O–H groups in total. The molecule has 0 bridgehead atoms. The summed E-state index contributed by atoms with van der Waals surface area (Å²) in [4.78, 5) is 0. The molecule has 0 saturated heterocycles. The van der Waals surface area contributed by atoms with Crippen molar-refractivity contribution in [1.29, 1.82) is 0 Å². The Morgan fingerprint density at radius 2 is 1.57 bits per heavy atom. The first-order valence-corrected chi connectivity index (χ1v) is 7.84. The van der Waals surface area contributed by atoms with Gasteiger partial charge in [-0.15, -0.1) is 0 Å². The molecule has 4 heteroatoms. The maximum absolute atomic E-state index is 5.48. The number of anilines is 1. The smallest absolute Gasteiger partial charge is 0.0701 e. The standard InChI is InChI=1S/C17H29NO3/c1-3-4-5-16-6-8-17(9-7-16)18-10-11-20-14-15-21-13-12-19-2/h6-9,18H,3-5,10-15H2,1-2H3. The molecule has 1 aromatic carbocycles. The molecule has 0 aliphatic carbocycles. The zero-order valence-electron chi connectivity index (χ0n) is 13.4. The first kappa shape index (κ1) is 18.0. The number of methoxy groups -OCH3 is 1. The molecule has 21 heavy (non-hydrogen) atoms. The van der Waals surface area contributed by atoms with Crippen molar-refractivity contribution in [3.8, 4) is 0 Å². The molecule has 0 aliphatic heterocycles. The molecule has 1 rings (SSSR count). The summed E-state index contributed by atoms with van der Waals surface area (Å²) in [7, 11) is 1.67. The largest absolute Gasteiger partial charge is 0.383 e. The van der Waals surface area contributed by atoms with Gasteiger partial charge in [-0.25, -0.2) is 0 Å². The van der Waals surface area contributed by atoms with Crippen molar-refractivity contribution in [2.45, 2.75) is 26.2 Å². The fourth-order valence-electron chi connectivity index (χ4n) is 1.90. The molecule has 0 amide bonds. The third-order valence-electron chi connectivity index (χ3n) is 3.15. The lowest BCUT2D eigenvalue weighted by Crippen LogP contribution is -2.13. The Kier molecular flexibility index (Phi) is 10.8. The van der Waals surface area contributed by atoms with Crippen molar-refractivity contribution < 1.29 is 14.2 Å². The van der Waals surface area contributed by atoms with Gasteiger partial charge in [0.25, 0.3) is 0 Å². The minimum atomic E-state index is 0.621. The van der Waals surface area contributed by atoms with E-state index in [-0.39, 0.29) is 0 Å². The highest BCUT2D eigenvalue weighted by atomic mass is 16.5. The Balaban J connectivity index is 1.99. The van der Waals surface area contributed by atoms with Gasteiger partial charge in [0, 0.05) is 19.3 Å². The van der Waals surface area contributed by atoms with Gasteiger partial charge in [-0.3, -0.25) is 0 Å². The molecule has 0 atom stereocenters. The highest BCUT2D eigenvalue weighted by Gasteiger charge is 1.95. The van der Waals surface area contributed by atoms with Crippen LogP contribution >= 0.6 is 0 Å². The SMILES string of the molecule is CCCCc1ccc(NCCOCCOCCOC)cc1. The zero-order valence-corrected chi connectivity index (χ0v) is 13.4. The summed E-state index contributed by atoms with van der Waals surface area (Å²) < 4.78 is 15.7. The second-order valence-corrected chi connectivity index (χ2v) is 4.94. The minimum Gasteiger partial charge on any atom is -0.383 e. The predicted molar refractivity (Wildman–Crippen MR) is 87.1 cm³/mol. The van der Waals surface area contributed by atoms with Crippen LogP contribution in [0.4, 0.5) is 5.69 Å². The number of ether oxygens (including phenoxy) is 3. The Morgan fingerprint density at radius 3 is 2.24 bits per heavy atom. The van der Waals surface area contributed by atoms with Crippen LogP contribution in [-0.2, 0) is 20.6 Å². The Hall–Kier alpha value is -1.10. The Labute approximate surface area is 128 Å². The van der Waals surface area contributed by atoms with Crippen LogP contribution in [0.5, 0.6) is 0 Å². The molecule has 4 nitrogen and oxygen atoms in total. The predicted octanol–water partition coefficient (Wildman–Crippen LogP) is 3.12. The van der Waals surface area contributed by atoms with Crippen LogP contribution in [0, 0.1) is 0 Å². The van der Waals surface area contributed by atoms with Gasteiger partial charge in [-0.05, 0) is 30.5 Å². The second kappa shape index (κ2) is 12.6. The molecule has 0 unspecified atom stereocenters. The number of aryl methyl sites for hydroxylation is 1. The number of hydrogen-bond donors (Lipinski definition) is 1. The normalized spacial score (nSPS) is 10.8. The average molecular weight is 295 g/mol. The fraction of sp³-hybridized carbons (Fsp3) is 0.647. The van der Waals surface area contributed by atoms with Gasteiger partial charge in [0.05, 0.1) is 33.0 Å². The average Bonchev–Trinajstić information content (AvgIpc) is 2.52. The third-order valence-corrected chi connectivity index (χ3v) is 3.15. The molecule has 1 aromatic rings. The molecule has 0 saturated carbocycles. The van der Waals surface area contributed by atoms with Crippen molar-refractivity contribution in [1.82, 2.24) is 0 Å². The van der Waals surface area contributed by atoms with Crippen LogP contribution in [0.1, 0.15) is 25.3 Å². The van der Waals surface area contributed by atoms with Crippen LogP contribution < -0.4 is 5.32 Å². The molecular weight excluding hydrogens is 266 g/mol. The van der Waals surface area contributed by atoms with E-state index in [1.807, 2.05) is 0 Å². The summed E-state index contributed by atoms with van der Waals surface area (Å²) in [6.07, 6.45) is 3.67. The van der Waals surface area contributed by atoms with E-state index >= 15 is 0 Å². The highest BCUT2D eigenvalue weighted by Crippen LogP contribution is 2.11. The van der Waals surface area contributed by atoms with E-state index in [0.29, 0.717) is 33.0 Å². The van der Waals surface area contributed by atoms with Crippen LogP contribution in [0.15, 0.2) is 24.3 Å². The molecule has 0 heterocycles. The van der Waals surface area contributed by atoms with Crippen LogP contribution in [0.3, 0.4) is 0 Å². The zero-order chi connectivity index (χ0) is 15.2. The van der Waals surface area contributed by atoms with Crippen LogP contribution in [0.2, 0.25) is 0 Å². The quantitative estimate of drug-likeness (QED) is 0.568. The van der Waals surface area contributed by atoms with E-state index in [2.05, 4.69) is 36.5 Å². The highest BCUT2D eigenvalue weighted by molar-refractivity contribution is 5.44. The maximum Gasteiger partial charge on any atom is 0.0701 e. The van der Waals surface area contributed by atoms with E-state index in [9.17, 15) is 0 Å². The maximum atomic E-state index is 5.48. The van der Waals surface area contributed by atoms with E-state index < -0.39 is 0 Å². The molecule has 0 radical (unpaired) electrons. The first-order valence-electron chi connectivity index (χ1n) is 7.84. The number of unbranched alkanes of at least 4 members (excludes halogenated alkanes) is 1. The van der Waals surface area contributed by atoms with Crippen molar-refractivity contribution >= 4 is 5.69 Å². The van der Waals surface area contributed by atoms with Gasteiger partial charge in [0.15, 0.2) is 0 Å². The van der Waals surface area contributed by atoms with E-state index in [1.165, 1.54) is 24.8 Å². The van der Waals surface area contributed by atoms with Crippen molar-refractivity contribution in [3.63, 3.8) is 0 Å². The van der Waals surface area contributed by atoms with Crippen molar-refractivity contribution in [2.75, 3.05) is 52.0 Å². The van der Waals surface area contributed by atoms with Gasteiger partial charge in [0.1, 0.15) is 0 Å². The van der Waals surface area contributed by atoms with Gasteiger partial charge < -0.3 is 19.5 Å². The lowest BCUT2D eigenvalue weighted by Gasteiger charge is -2.08. The van der Waals surface area contributed by atoms with Gasteiger partial charge in [0.2, 0.25) is 0 Å². The summed E-state index contributed by atoms with van der Waals surface area (Å²) in [5.41, 5.74) is 2.56. The van der Waals surface area contributed by atoms with E-state index in [1.54, 1.807) is 7.11 Å². The molecular formula is C17H29NO3. The van der Waals surface area contributed by atoms with Gasteiger partial charge in [-0.1, -0.05) is 25.5 Å². The first-order chi connectivity index (χ1) is 10.4. The monoisotopic (exact) mass is 295 g/mol. The van der Waals surface area contributed by atoms with Crippen molar-refractivity contribution in [3.05, 3.63) is 29.8 Å². The van der Waals surface area contributed by atoms with Gasteiger partial charge in [-0.2, -0.15) is 0 Å².